The first-order valence-electron chi connectivity index (χ1n) is 6.09. The van der Waals surface area contributed by atoms with Crippen LogP contribution in [-0.2, 0) is 11.3 Å². The van der Waals surface area contributed by atoms with Crippen molar-refractivity contribution in [2.45, 2.75) is 19.4 Å². The Hall–Kier alpha value is -2.24. The van der Waals surface area contributed by atoms with E-state index in [1.54, 1.807) is 21.7 Å². The van der Waals surface area contributed by atoms with Gasteiger partial charge in [0.2, 0.25) is 6.41 Å². The molecule has 3 rings (SSSR count). The Labute approximate surface area is 109 Å². The second-order valence-corrected chi connectivity index (χ2v) is 4.75. The number of carbonyl (C=O) groups is 1. The number of fused-ring (bicyclic) bond motifs is 1. The summed E-state index contributed by atoms with van der Waals surface area (Å²) in [6.07, 6.45) is 0.830. The fourth-order valence-corrected chi connectivity index (χ4v) is 2.47. The average Bonchev–Trinajstić information content (AvgIpc) is 2.84. The van der Waals surface area contributed by atoms with Crippen LogP contribution in [-0.4, -0.2) is 32.8 Å². The topological polar surface area (TPSA) is 51.0 Å². The van der Waals surface area contributed by atoms with Crippen molar-refractivity contribution < 1.29 is 9.18 Å². The third kappa shape index (κ3) is 1.99. The van der Waals surface area contributed by atoms with Gasteiger partial charge in [-0.2, -0.15) is 0 Å². The first-order valence-corrected chi connectivity index (χ1v) is 6.09. The van der Waals surface area contributed by atoms with E-state index < -0.39 is 0 Å². The van der Waals surface area contributed by atoms with Crippen LogP contribution in [0.5, 0.6) is 0 Å². The number of carbonyl (C=O) groups excluding carboxylic acids is 1. The molecule has 0 saturated carbocycles. The molecule has 0 N–H and O–H groups in total. The Morgan fingerprint density at radius 3 is 2.79 bits per heavy atom. The average molecular weight is 260 g/mol. The van der Waals surface area contributed by atoms with Crippen LogP contribution < -0.4 is 0 Å². The molecule has 0 saturated heterocycles. The summed E-state index contributed by atoms with van der Waals surface area (Å²) in [5.74, 6) is -0.132. The molecular formula is C13H13FN4O. The summed E-state index contributed by atoms with van der Waals surface area (Å²) < 4.78 is 14.7. The van der Waals surface area contributed by atoms with Gasteiger partial charge in [-0.3, -0.25) is 4.79 Å². The number of hydrogen-bond donors (Lipinski definition) is 0. The van der Waals surface area contributed by atoms with Crippen molar-refractivity contribution >= 4 is 6.41 Å². The summed E-state index contributed by atoms with van der Waals surface area (Å²) >= 11 is 0. The van der Waals surface area contributed by atoms with Crippen LogP contribution in [0.25, 0.3) is 5.69 Å². The second kappa shape index (κ2) is 4.46. The molecule has 1 amide bonds. The minimum absolute atomic E-state index is 0.147. The number of hydrogen-bond acceptors (Lipinski definition) is 3. The largest absolute Gasteiger partial charge is 0.339 e. The van der Waals surface area contributed by atoms with Crippen molar-refractivity contribution in [2.24, 2.45) is 0 Å². The van der Waals surface area contributed by atoms with Gasteiger partial charge in [0.15, 0.2) is 0 Å². The highest BCUT2D eigenvalue weighted by atomic mass is 19.1. The number of amides is 1. The zero-order valence-corrected chi connectivity index (χ0v) is 10.5. The second-order valence-electron chi connectivity index (χ2n) is 4.75. The molecule has 1 unspecified atom stereocenters. The zero-order valence-electron chi connectivity index (χ0n) is 10.5. The first-order chi connectivity index (χ1) is 9.19. The van der Waals surface area contributed by atoms with Crippen molar-refractivity contribution in [2.75, 3.05) is 6.54 Å². The van der Waals surface area contributed by atoms with Crippen molar-refractivity contribution in [1.82, 2.24) is 19.9 Å². The number of benzene rings is 1. The van der Waals surface area contributed by atoms with Gasteiger partial charge in [-0.05, 0) is 24.3 Å². The lowest BCUT2D eigenvalue weighted by Gasteiger charge is -2.27. The van der Waals surface area contributed by atoms with Crippen LogP contribution in [0, 0.1) is 5.82 Å². The maximum Gasteiger partial charge on any atom is 0.210 e. The normalized spacial score (nSPS) is 18.2. The molecule has 1 aromatic carbocycles. The molecular weight excluding hydrogens is 247 g/mol. The van der Waals surface area contributed by atoms with E-state index in [2.05, 4.69) is 10.3 Å². The standard InChI is InChI=1S/C13H13FN4O/c1-9-6-17(8-19)7-12-13(9)18(16-15-12)11-4-2-10(14)3-5-11/h2-5,8-9H,6-7H2,1H3. The van der Waals surface area contributed by atoms with E-state index in [0.717, 1.165) is 23.5 Å². The molecule has 1 aromatic heterocycles. The smallest absolute Gasteiger partial charge is 0.210 e. The molecule has 1 aliphatic rings. The molecule has 98 valence electrons. The van der Waals surface area contributed by atoms with Gasteiger partial charge in [-0.25, -0.2) is 9.07 Å². The zero-order chi connectivity index (χ0) is 13.4. The molecule has 0 spiro atoms. The number of halogens is 1. The van der Waals surface area contributed by atoms with E-state index in [1.165, 1.54) is 12.1 Å². The Balaban J connectivity index is 2.04. The fourth-order valence-electron chi connectivity index (χ4n) is 2.47. The van der Waals surface area contributed by atoms with E-state index in [1.807, 2.05) is 6.92 Å². The van der Waals surface area contributed by atoms with E-state index >= 15 is 0 Å². The lowest BCUT2D eigenvalue weighted by molar-refractivity contribution is -0.119. The predicted molar refractivity (Wildman–Crippen MR) is 66.2 cm³/mol. The molecule has 6 heteroatoms. The minimum Gasteiger partial charge on any atom is -0.339 e. The van der Waals surface area contributed by atoms with Crippen LogP contribution in [0.15, 0.2) is 24.3 Å². The van der Waals surface area contributed by atoms with Crippen LogP contribution in [0.2, 0.25) is 0 Å². The Bertz CT molecular complexity index is 608. The number of nitrogens with zero attached hydrogens (tertiary/aromatic N) is 4. The van der Waals surface area contributed by atoms with Crippen LogP contribution in [0.1, 0.15) is 24.2 Å². The van der Waals surface area contributed by atoms with Gasteiger partial charge in [0, 0.05) is 12.5 Å². The maximum atomic E-state index is 13.0. The molecule has 5 nitrogen and oxygen atoms in total. The maximum absolute atomic E-state index is 13.0. The summed E-state index contributed by atoms with van der Waals surface area (Å²) in [5.41, 5.74) is 2.57. The summed E-state index contributed by atoms with van der Waals surface area (Å²) in [7, 11) is 0. The molecule has 2 heterocycles. The Morgan fingerprint density at radius 2 is 2.11 bits per heavy atom. The van der Waals surface area contributed by atoms with Gasteiger partial charge >= 0.3 is 0 Å². The van der Waals surface area contributed by atoms with E-state index in [4.69, 9.17) is 0 Å². The van der Waals surface area contributed by atoms with Gasteiger partial charge in [0.25, 0.3) is 0 Å². The lowest BCUT2D eigenvalue weighted by atomic mass is 10.0. The lowest BCUT2D eigenvalue weighted by Crippen LogP contribution is -2.32. The predicted octanol–water partition coefficient (Wildman–Crippen LogP) is 1.48. The van der Waals surface area contributed by atoms with Gasteiger partial charge in [0.1, 0.15) is 11.5 Å². The van der Waals surface area contributed by atoms with Crippen molar-refractivity contribution in [1.29, 1.82) is 0 Å². The molecule has 0 aliphatic carbocycles. The minimum atomic E-state index is -0.280. The number of aromatic nitrogens is 3. The molecule has 1 aliphatic heterocycles. The summed E-state index contributed by atoms with van der Waals surface area (Å²) in [6, 6.07) is 6.13. The highest BCUT2D eigenvalue weighted by Crippen LogP contribution is 2.27. The van der Waals surface area contributed by atoms with Crippen molar-refractivity contribution in [3.8, 4) is 5.69 Å². The van der Waals surface area contributed by atoms with Crippen LogP contribution in [0.4, 0.5) is 4.39 Å². The molecule has 1 atom stereocenters. The quantitative estimate of drug-likeness (QED) is 0.768. The van der Waals surface area contributed by atoms with Crippen molar-refractivity contribution in [3.05, 3.63) is 41.5 Å². The summed E-state index contributed by atoms with van der Waals surface area (Å²) in [6.45, 7) is 3.15. The van der Waals surface area contributed by atoms with Gasteiger partial charge in [-0.1, -0.05) is 12.1 Å². The fraction of sp³-hybridized carbons (Fsp3) is 0.308. The summed E-state index contributed by atoms with van der Waals surface area (Å²) in [5, 5.41) is 8.24. The van der Waals surface area contributed by atoms with Crippen molar-refractivity contribution in [3.63, 3.8) is 0 Å². The molecule has 19 heavy (non-hydrogen) atoms. The molecule has 0 bridgehead atoms. The van der Waals surface area contributed by atoms with Crippen LogP contribution in [0.3, 0.4) is 0 Å². The first kappa shape index (κ1) is 11.8. The van der Waals surface area contributed by atoms with Crippen LogP contribution >= 0.6 is 0 Å². The Kier molecular flexibility index (Phi) is 2.77. The monoisotopic (exact) mass is 260 g/mol. The van der Waals surface area contributed by atoms with Gasteiger partial charge < -0.3 is 4.90 Å². The number of rotatable bonds is 2. The van der Waals surface area contributed by atoms with E-state index in [0.29, 0.717) is 13.1 Å². The molecule has 0 radical (unpaired) electrons. The van der Waals surface area contributed by atoms with Gasteiger partial charge in [0.05, 0.1) is 17.9 Å². The Morgan fingerprint density at radius 1 is 1.37 bits per heavy atom. The van der Waals surface area contributed by atoms with E-state index in [-0.39, 0.29) is 11.7 Å². The summed E-state index contributed by atoms with van der Waals surface area (Å²) in [4.78, 5) is 12.5. The van der Waals surface area contributed by atoms with E-state index in [9.17, 15) is 9.18 Å². The third-order valence-corrected chi connectivity index (χ3v) is 3.33. The van der Waals surface area contributed by atoms with Gasteiger partial charge in [-0.15, -0.1) is 5.10 Å². The molecule has 0 fully saturated rings. The highest BCUT2D eigenvalue weighted by molar-refractivity contribution is 5.49. The SMILES string of the molecule is CC1CN(C=O)Cc2nnn(-c3ccc(F)cc3)c21. The highest BCUT2D eigenvalue weighted by Gasteiger charge is 2.27. The molecule has 2 aromatic rings. The third-order valence-electron chi connectivity index (χ3n) is 3.33.